The van der Waals surface area contributed by atoms with Crippen LogP contribution >= 0.6 is 0 Å². The Hall–Kier alpha value is -1.80. The maximum atomic E-state index is 13.0. The van der Waals surface area contributed by atoms with E-state index in [0.29, 0.717) is 0 Å². The fraction of sp³-hybridized carbons (Fsp3) is 0.364. The van der Waals surface area contributed by atoms with Crippen molar-refractivity contribution in [3.05, 3.63) is 35.1 Å². The van der Waals surface area contributed by atoms with E-state index in [9.17, 15) is 35.5 Å². The summed E-state index contributed by atoms with van der Waals surface area (Å²) in [7, 11) is 0. The van der Waals surface area contributed by atoms with Gasteiger partial charge in [-0.25, -0.2) is 4.39 Å². The summed E-state index contributed by atoms with van der Waals surface area (Å²) >= 11 is 0. The summed E-state index contributed by atoms with van der Waals surface area (Å²) in [4.78, 5) is 10.4. The van der Waals surface area contributed by atoms with E-state index >= 15 is 0 Å². The monoisotopic (exact) mass is 304 g/mol. The molecule has 1 atom stereocenters. The van der Waals surface area contributed by atoms with Crippen LogP contribution < -0.4 is 0 Å². The molecule has 0 bridgehead atoms. The van der Waals surface area contributed by atoms with Gasteiger partial charge < -0.3 is 5.11 Å². The smallest absolute Gasteiger partial charge is 0.416 e. The molecule has 0 aliphatic rings. The number of halogens is 7. The predicted molar refractivity (Wildman–Crippen MR) is 52.5 cm³/mol. The number of benzene rings is 1. The number of carbonyl (C=O) groups is 1. The van der Waals surface area contributed by atoms with Gasteiger partial charge in [0.05, 0.1) is 17.9 Å². The third-order valence-corrected chi connectivity index (χ3v) is 2.42. The first-order chi connectivity index (χ1) is 8.91. The number of hydrogen-bond acceptors (Lipinski definition) is 1. The molecule has 0 amide bonds. The summed E-state index contributed by atoms with van der Waals surface area (Å²) in [5.74, 6) is -6.09. The van der Waals surface area contributed by atoms with Crippen LogP contribution in [0.15, 0.2) is 18.2 Å². The summed E-state index contributed by atoms with van der Waals surface area (Å²) in [6.07, 6.45) is -11.6. The van der Waals surface area contributed by atoms with E-state index < -0.39 is 47.6 Å². The summed E-state index contributed by atoms with van der Waals surface area (Å²) in [6, 6.07) is 0.387. The standard InChI is InChI=1S/C11H7F7O2/c12-7-2-5(1-6(3-7)10(13,14)15)8(4-9(19)20)11(16,17)18/h1-3,8H,4H2,(H,19,20). The first-order valence-corrected chi connectivity index (χ1v) is 5.07. The van der Waals surface area contributed by atoms with Gasteiger partial charge in [0, 0.05) is 0 Å². The van der Waals surface area contributed by atoms with E-state index in [-0.39, 0.29) is 18.2 Å². The van der Waals surface area contributed by atoms with Crippen LogP contribution in [0, 0.1) is 5.82 Å². The fourth-order valence-corrected chi connectivity index (χ4v) is 1.57. The molecule has 20 heavy (non-hydrogen) atoms. The van der Waals surface area contributed by atoms with Crippen molar-refractivity contribution in [2.75, 3.05) is 0 Å². The minimum atomic E-state index is -5.10. The first kappa shape index (κ1) is 16.3. The van der Waals surface area contributed by atoms with Crippen molar-refractivity contribution in [1.29, 1.82) is 0 Å². The molecule has 1 N–H and O–H groups in total. The van der Waals surface area contributed by atoms with Crippen molar-refractivity contribution in [3.8, 4) is 0 Å². The highest BCUT2D eigenvalue weighted by Crippen LogP contribution is 2.40. The number of carboxylic acid groups (broad SMARTS) is 1. The second-order valence-electron chi connectivity index (χ2n) is 3.96. The van der Waals surface area contributed by atoms with Gasteiger partial charge in [-0.05, 0) is 23.8 Å². The lowest BCUT2D eigenvalue weighted by Gasteiger charge is -2.20. The molecule has 9 heteroatoms. The molecular formula is C11H7F7O2. The lowest BCUT2D eigenvalue weighted by atomic mass is 9.93. The van der Waals surface area contributed by atoms with E-state index in [1.165, 1.54) is 0 Å². The van der Waals surface area contributed by atoms with Crippen molar-refractivity contribution in [1.82, 2.24) is 0 Å². The van der Waals surface area contributed by atoms with Gasteiger partial charge in [-0.15, -0.1) is 0 Å². The number of aliphatic carboxylic acids is 1. The lowest BCUT2D eigenvalue weighted by molar-refractivity contribution is -0.163. The van der Waals surface area contributed by atoms with Crippen LogP contribution in [0.5, 0.6) is 0 Å². The third-order valence-electron chi connectivity index (χ3n) is 2.42. The molecule has 1 aromatic carbocycles. The largest absolute Gasteiger partial charge is 0.481 e. The SMILES string of the molecule is O=C(O)CC(c1cc(F)cc(C(F)(F)F)c1)C(F)(F)F. The molecule has 0 fully saturated rings. The van der Waals surface area contributed by atoms with E-state index in [1.807, 2.05) is 0 Å². The van der Waals surface area contributed by atoms with Gasteiger partial charge in [0.15, 0.2) is 0 Å². The molecular weight excluding hydrogens is 297 g/mol. The van der Waals surface area contributed by atoms with Crippen molar-refractivity contribution in [3.63, 3.8) is 0 Å². The molecule has 0 heterocycles. The highest BCUT2D eigenvalue weighted by atomic mass is 19.4. The molecule has 0 radical (unpaired) electrons. The molecule has 0 aliphatic carbocycles. The van der Waals surface area contributed by atoms with Crippen LogP contribution in [0.2, 0.25) is 0 Å². The van der Waals surface area contributed by atoms with E-state index in [4.69, 9.17) is 5.11 Å². The molecule has 2 nitrogen and oxygen atoms in total. The molecule has 0 aromatic heterocycles. The van der Waals surface area contributed by atoms with Gasteiger partial charge in [0.2, 0.25) is 0 Å². The summed E-state index contributed by atoms with van der Waals surface area (Å²) in [5.41, 5.74) is -2.68. The van der Waals surface area contributed by atoms with Crippen LogP contribution in [0.1, 0.15) is 23.5 Å². The Labute approximate surface area is 107 Å². The molecule has 112 valence electrons. The number of alkyl halides is 6. The molecule has 0 saturated carbocycles. The molecule has 1 rings (SSSR count). The van der Waals surface area contributed by atoms with E-state index in [2.05, 4.69) is 0 Å². The minimum absolute atomic E-state index is 0.0394. The van der Waals surface area contributed by atoms with Crippen LogP contribution in [0.25, 0.3) is 0 Å². The van der Waals surface area contributed by atoms with Crippen molar-refractivity contribution in [2.45, 2.75) is 24.7 Å². The van der Waals surface area contributed by atoms with Gasteiger partial charge in [0.1, 0.15) is 5.82 Å². The highest BCUT2D eigenvalue weighted by molar-refractivity contribution is 5.68. The molecule has 1 aromatic rings. The second kappa shape index (κ2) is 5.29. The Bertz CT molecular complexity index is 504. The average molecular weight is 304 g/mol. The van der Waals surface area contributed by atoms with Crippen molar-refractivity contribution >= 4 is 5.97 Å². The van der Waals surface area contributed by atoms with E-state index in [1.54, 1.807) is 0 Å². The highest BCUT2D eigenvalue weighted by Gasteiger charge is 2.43. The van der Waals surface area contributed by atoms with Crippen molar-refractivity contribution in [2.24, 2.45) is 0 Å². The number of rotatable bonds is 3. The van der Waals surface area contributed by atoms with Gasteiger partial charge in [-0.1, -0.05) is 0 Å². The fourth-order valence-electron chi connectivity index (χ4n) is 1.57. The average Bonchev–Trinajstić information content (AvgIpc) is 2.22. The summed E-state index contributed by atoms with van der Waals surface area (Å²) in [5, 5.41) is 8.39. The molecule has 0 saturated heterocycles. The first-order valence-electron chi connectivity index (χ1n) is 5.07. The van der Waals surface area contributed by atoms with Crippen LogP contribution in [0.3, 0.4) is 0 Å². The Kier molecular flexibility index (Phi) is 4.30. The number of carboxylic acids is 1. The maximum absolute atomic E-state index is 13.0. The quantitative estimate of drug-likeness (QED) is 0.858. The van der Waals surface area contributed by atoms with Gasteiger partial charge >= 0.3 is 18.3 Å². The van der Waals surface area contributed by atoms with Crippen LogP contribution in [-0.2, 0) is 11.0 Å². The van der Waals surface area contributed by atoms with Crippen LogP contribution in [0.4, 0.5) is 30.7 Å². The molecule has 0 aliphatic heterocycles. The Morgan fingerprint density at radius 2 is 1.65 bits per heavy atom. The van der Waals surface area contributed by atoms with Crippen LogP contribution in [-0.4, -0.2) is 17.3 Å². The van der Waals surface area contributed by atoms with Gasteiger partial charge in [-0.2, -0.15) is 26.3 Å². The Balaban J connectivity index is 3.34. The zero-order valence-electron chi connectivity index (χ0n) is 9.52. The molecule has 1 unspecified atom stereocenters. The zero-order chi connectivity index (χ0) is 15.7. The normalized spacial score (nSPS) is 14.2. The predicted octanol–water partition coefficient (Wildman–Crippen LogP) is 3.97. The summed E-state index contributed by atoms with van der Waals surface area (Å²) in [6.45, 7) is 0. The topological polar surface area (TPSA) is 37.3 Å². The third kappa shape index (κ3) is 4.10. The zero-order valence-corrected chi connectivity index (χ0v) is 9.52. The minimum Gasteiger partial charge on any atom is -0.481 e. The van der Waals surface area contributed by atoms with Gasteiger partial charge in [0.25, 0.3) is 0 Å². The van der Waals surface area contributed by atoms with E-state index in [0.717, 1.165) is 0 Å². The second-order valence-corrected chi connectivity index (χ2v) is 3.96. The Morgan fingerprint density at radius 3 is 2.05 bits per heavy atom. The van der Waals surface area contributed by atoms with Crippen molar-refractivity contribution < 1.29 is 40.6 Å². The molecule has 0 spiro atoms. The summed E-state index contributed by atoms with van der Waals surface area (Å²) < 4.78 is 88.2. The lowest BCUT2D eigenvalue weighted by Crippen LogP contribution is -2.24. The maximum Gasteiger partial charge on any atom is 0.416 e. The number of hydrogen-bond donors (Lipinski definition) is 1. The Morgan fingerprint density at radius 1 is 1.10 bits per heavy atom. The van der Waals surface area contributed by atoms with Gasteiger partial charge in [-0.3, -0.25) is 4.79 Å².